The minimum Gasteiger partial charge on any atom is -0.356 e. The number of nitrogens with zero attached hydrogens (tertiary/aromatic N) is 2. The number of hydrogen-bond donors (Lipinski definition) is 2. The third-order valence-electron chi connectivity index (χ3n) is 3.57. The van der Waals surface area contributed by atoms with Crippen LogP contribution in [0.4, 0.5) is 0 Å². The van der Waals surface area contributed by atoms with Crippen LogP contribution in [0.2, 0.25) is 0 Å². The molecule has 0 saturated carbocycles. The highest BCUT2D eigenvalue weighted by atomic mass is 127. The molecule has 0 spiro atoms. The highest BCUT2D eigenvalue weighted by Gasteiger charge is 2.07. The molecule has 7 heteroatoms. The summed E-state index contributed by atoms with van der Waals surface area (Å²) in [6.45, 7) is 8.12. The number of thioether (sulfide) groups is 1. The van der Waals surface area contributed by atoms with E-state index >= 15 is 0 Å². The van der Waals surface area contributed by atoms with E-state index in [1.807, 2.05) is 24.9 Å². The van der Waals surface area contributed by atoms with Crippen molar-refractivity contribution >= 4 is 53.0 Å². The van der Waals surface area contributed by atoms with Crippen LogP contribution in [0.25, 0.3) is 0 Å². The van der Waals surface area contributed by atoms with Crippen LogP contribution >= 0.6 is 47.1 Å². The Morgan fingerprint density at radius 1 is 1.24 bits per heavy atom. The van der Waals surface area contributed by atoms with E-state index in [4.69, 9.17) is 0 Å². The lowest BCUT2D eigenvalue weighted by molar-refractivity contribution is 0.778. The lowest BCUT2D eigenvalue weighted by Crippen LogP contribution is -2.40. The highest BCUT2D eigenvalue weighted by molar-refractivity contribution is 14.0. The molecule has 0 aliphatic carbocycles. The number of aliphatic imine (C=N–C) groups is 1. The molecule has 0 radical (unpaired) electrons. The second-order valence-corrected chi connectivity index (χ2v) is 8.42. The van der Waals surface area contributed by atoms with Crippen molar-refractivity contribution < 1.29 is 0 Å². The molecular formula is C18H27IN4S2. The average Bonchev–Trinajstić information content (AvgIpc) is 2.89. The highest BCUT2D eigenvalue weighted by Crippen LogP contribution is 2.21. The molecule has 0 fully saturated rings. The van der Waals surface area contributed by atoms with Crippen LogP contribution in [0.15, 0.2) is 40.2 Å². The maximum absolute atomic E-state index is 4.57. The molecule has 1 atom stereocenters. The van der Waals surface area contributed by atoms with Crippen LogP contribution < -0.4 is 10.6 Å². The van der Waals surface area contributed by atoms with Gasteiger partial charge in [-0.1, -0.05) is 25.1 Å². The Hall–Kier alpha value is -0.800. The fourth-order valence-corrected chi connectivity index (χ4v) is 4.05. The largest absolute Gasteiger partial charge is 0.356 e. The number of guanidine groups is 1. The van der Waals surface area contributed by atoms with E-state index in [-0.39, 0.29) is 24.0 Å². The van der Waals surface area contributed by atoms with Crippen LogP contribution in [0, 0.1) is 13.8 Å². The predicted molar refractivity (Wildman–Crippen MR) is 122 cm³/mol. The summed E-state index contributed by atoms with van der Waals surface area (Å²) in [5.74, 6) is 0.848. The molecule has 1 heterocycles. The van der Waals surface area contributed by atoms with Gasteiger partial charge in [0, 0.05) is 41.6 Å². The van der Waals surface area contributed by atoms with Gasteiger partial charge in [-0.25, -0.2) is 4.98 Å². The van der Waals surface area contributed by atoms with Crippen LogP contribution in [0.1, 0.15) is 22.5 Å². The molecule has 1 aromatic heterocycles. The Labute approximate surface area is 176 Å². The van der Waals surface area contributed by atoms with Crippen LogP contribution in [-0.4, -0.2) is 36.3 Å². The minimum atomic E-state index is 0. The van der Waals surface area contributed by atoms with Gasteiger partial charge in [0.1, 0.15) is 0 Å². The van der Waals surface area contributed by atoms with Gasteiger partial charge in [-0.15, -0.1) is 47.1 Å². The number of aromatic nitrogens is 1. The monoisotopic (exact) mass is 490 g/mol. The predicted octanol–water partition coefficient (Wildman–Crippen LogP) is 4.27. The summed E-state index contributed by atoms with van der Waals surface area (Å²) in [5, 5.41) is 8.40. The van der Waals surface area contributed by atoms with Gasteiger partial charge in [0.25, 0.3) is 0 Å². The van der Waals surface area contributed by atoms with Crippen LogP contribution in [0.3, 0.4) is 0 Å². The third-order valence-corrected chi connectivity index (χ3v) is 5.81. The van der Waals surface area contributed by atoms with Crippen molar-refractivity contribution in [1.82, 2.24) is 15.6 Å². The first kappa shape index (κ1) is 22.2. The Bertz CT molecular complexity index is 639. The molecule has 25 heavy (non-hydrogen) atoms. The van der Waals surface area contributed by atoms with Gasteiger partial charge in [0.05, 0.1) is 10.7 Å². The SMILES string of the molecule is CN=C(NCCc1nc(C)c(C)s1)NCC(C)Sc1ccccc1.I. The Morgan fingerprint density at radius 2 is 1.96 bits per heavy atom. The quantitative estimate of drug-likeness (QED) is 0.264. The summed E-state index contributed by atoms with van der Waals surface area (Å²) in [4.78, 5) is 11.5. The molecule has 2 aromatic rings. The van der Waals surface area contributed by atoms with E-state index in [2.05, 4.69) is 65.6 Å². The smallest absolute Gasteiger partial charge is 0.191 e. The topological polar surface area (TPSA) is 49.3 Å². The Kier molecular flexibility index (Phi) is 10.4. The maximum atomic E-state index is 4.57. The number of aryl methyl sites for hydroxylation is 2. The lowest BCUT2D eigenvalue weighted by Gasteiger charge is -2.15. The summed E-state index contributed by atoms with van der Waals surface area (Å²) >= 11 is 3.65. The van der Waals surface area contributed by atoms with E-state index < -0.39 is 0 Å². The first-order chi connectivity index (χ1) is 11.6. The number of nitrogens with one attached hydrogen (secondary N) is 2. The first-order valence-corrected chi connectivity index (χ1v) is 9.87. The zero-order valence-corrected chi connectivity index (χ0v) is 19.2. The molecule has 1 unspecified atom stereocenters. The van der Waals surface area contributed by atoms with E-state index in [1.54, 1.807) is 11.3 Å². The number of benzene rings is 1. The van der Waals surface area contributed by atoms with Gasteiger partial charge in [-0.2, -0.15) is 0 Å². The fraction of sp³-hybridized carbons (Fsp3) is 0.444. The minimum absolute atomic E-state index is 0. The average molecular weight is 490 g/mol. The van der Waals surface area contributed by atoms with Gasteiger partial charge >= 0.3 is 0 Å². The van der Waals surface area contributed by atoms with E-state index in [9.17, 15) is 0 Å². The second kappa shape index (κ2) is 11.7. The maximum Gasteiger partial charge on any atom is 0.191 e. The summed E-state index contributed by atoms with van der Waals surface area (Å²) in [6.07, 6.45) is 0.925. The van der Waals surface area contributed by atoms with Crippen molar-refractivity contribution in [3.05, 3.63) is 45.9 Å². The number of rotatable bonds is 7. The molecule has 2 N–H and O–H groups in total. The van der Waals surface area contributed by atoms with Gasteiger partial charge in [-0.05, 0) is 26.0 Å². The summed E-state index contributed by atoms with van der Waals surface area (Å²) in [6, 6.07) is 10.5. The fourth-order valence-electron chi connectivity index (χ4n) is 2.17. The number of hydrogen-bond acceptors (Lipinski definition) is 4. The van der Waals surface area contributed by atoms with Gasteiger partial charge in [0.2, 0.25) is 0 Å². The standard InChI is InChI=1S/C18H26N4S2.HI/c1-13(23-16-8-6-5-7-9-16)12-21-18(19-4)20-11-10-17-22-14(2)15(3)24-17;/h5-9,13H,10-12H2,1-4H3,(H2,19,20,21);1H. The molecular weight excluding hydrogens is 463 g/mol. The molecule has 1 aromatic carbocycles. The van der Waals surface area contributed by atoms with Gasteiger partial charge in [-0.3, -0.25) is 4.99 Å². The summed E-state index contributed by atoms with van der Waals surface area (Å²) in [5.41, 5.74) is 1.14. The summed E-state index contributed by atoms with van der Waals surface area (Å²) < 4.78 is 0. The zero-order chi connectivity index (χ0) is 17.4. The van der Waals surface area contributed by atoms with Gasteiger partial charge < -0.3 is 10.6 Å². The molecule has 4 nitrogen and oxygen atoms in total. The molecule has 138 valence electrons. The van der Waals surface area contributed by atoms with Crippen molar-refractivity contribution in [1.29, 1.82) is 0 Å². The van der Waals surface area contributed by atoms with E-state index in [0.29, 0.717) is 5.25 Å². The van der Waals surface area contributed by atoms with E-state index in [0.717, 1.165) is 31.2 Å². The van der Waals surface area contributed by atoms with Crippen molar-refractivity contribution in [2.75, 3.05) is 20.1 Å². The van der Waals surface area contributed by atoms with Gasteiger partial charge in [0.15, 0.2) is 5.96 Å². The van der Waals surface area contributed by atoms with E-state index in [1.165, 1.54) is 14.8 Å². The van der Waals surface area contributed by atoms with Crippen molar-refractivity contribution in [2.45, 2.75) is 37.3 Å². The van der Waals surface area contributed by atoms with Crippen molar-refractivity contribution in [3.63, 3.8) is 0 Å². The first-order valence-electron chi connectivity index (χ1n) is 8.17. The van der Waals surface area contributed by atoms with Crippen LogP contribution in [0.5, 0.6) is 0 Å². The molecule has 2 rings (SSSR count). The lowest BCUT2D eigenvalue weighted by atomic mass is 10.4. The Balaban J connectivity index is 0.00000312. The molecule has 0 aliphatic rings. The second-order valence-electron chi connectivity index (χ2n) is 5.62. The molecule has 0 bridgehead atoms. The van der Waals surface area contributed by atoms with Crippen molar-refractivity contribution in [2.24, 2.45) is 4.99 Å². The molecule has 0 saturated heterocycles. The number of halogens is 1. The number of thiazole rings is 1. The molecule has 0 amide bonds. The zero-order valence-electron chi connectivity index (χ0n) is 15.2. The normalized spacial score (nSPS) is 12.4. The molecule has 0 aliphatic heterocycles. The van der Waals surface area contributed by atoms with Crippen LogP contribution in [-0.2, 0) is 6.42 Å². The summed E-state index contributed by atoms with van der Waals surface area (Å²) in [7, 11) is 1.81. The Morgan fingerprint density at radius 3 is 2.56 bits per heavy atom. The third kappa shape index (κ3) is 7.96. The van der Waals surface area contributed by atoms with Crippen molar-refractivity contribution in [3.8, 4) is 0 Å².